The van der Waals surface area contributed by atoms with E-state index in [1.807, 2.05) is 57.0 Å². The summed E-state index contributed by atoms with van der Waals surface area (Å²) in [5, 5.41) is 2.86. The molecule has 98 valence electrons. The van der Waals surface area contributed by atoms with Gasteiger partial charge < -0.3 is 10.2 Å². The lowest BCUT2D eigenvalue weighted by Crippen LogP contribution is -2.23. The van der Waals surface area contributed by atoms with Crippen LogP contribution in [-0.4, -0.2) is 25.8 Å². The normalized spacial score (nSPS) is 11.6. The van der Waals surface area contributed by atoms with E-state index in [1.54, 1.807) is 7.05 Å². The molecule has 0 aliphatic heterocycles. The average Bonchev–Trinajstić information content (AvgIpc) is 2.37. The summed E-state index contributed by atoms with van der Waals surface area (Å²) in [6.45, 7) is 5.70. The number of hydrogen-bond donors (Lipinski definition) is 1. The van der Waals surface area contributed by atoms with Gasteiger partial charge in [0.1, 0.15) is 0 Å². The molecule has 1 amide bonds. The van der Waals surface area contributed by atoms with Gasteiger partial charge in [0.25, 0.3) is 0 Å². The first-order valence-electron chi connectivity index (χ1n) is 6.03. The van der Waals surface area contributed by atoms with Crippen LogP contribution in [0, 0.1) is 5.92 Å². The highest BCUT2D eigenvalue weighted by molar-refractivity contribution is 5.96. The molecule has 0 aliphatic rings. The molecule has 1 aromatic rings. The minimum absolute atomic E-state index is 0.0122. The summed E-state index contributed by atoms with van der Waals surface area (Å²) in [5.74, 6) is 0.957. The van der Waals surface area contributed by atoms with Crippen molar-refractivity contribution >= 4 is 23.1 Å². The molecule has 0 saturated carbocycles. The van der Waals surface area contributed by atoms with Crippen molar-refractivity contribution in [2.24, 2.45) is 10.9 Å². The lowest BCUT2D eigenvalue weighted by atomic mass is 10.2. The number of rotatable bonds is 3. The second kappa shape index (κ2) is 6.19. The number of hydrogen-bond acceptors (Lipinski definition) is 2. The summed E-state index contributed by atoms with van der Waals surface area (Å²) in [5.41, 5.74) is 1.86. The Balaban J connectivity index is 2.77. The molecule has 0 saturated heterocycles. The van der Waals surface area contributed by atoms with Gasteiger partial charge in [-0.25, -0.2) is 0 Å². The number of nitrogens with zero attached hydrogens (tertiary/aromatic N) is 2. The second-order valence-corrected chi connectivity index (χ2v) is 4.52. The zero-order chi connectivity index (χ0) is 13.7. The Hall–Kier alpha value is -1.84. The van der Waals surface area contributed by atoms with Gasteiger partial charge >= 0.3 is 0 Å². The van der Waals surface area contributed by atoms with Gasteiger partial charge in [-0.3, -0.25) is 9.79 Å². The number of aliphatic imine (C=N–C) groups is 1. The maximum absolute atomic E-state index is 11.5. The number of amides is 1. The predicted octanol–water partition coefficient (Wildman–Crippen LogP) is 2.77. The Labute approximate surface area is 109 Å². The highest BCUT2D eigenvalue weighted by atomic mass is 16.1. The highest BCUT2D eigenvalue weighted by Gasteiger charge is 2.07. The minimum atomic E-state index is -0.0122. The Morgan fingerprint density at radius 1 is 1.28 bits per heavy atom. The van der Waals surface area contributed by atoms with Gasteiger partial charge in [-0.05, 0) is 31.2 Å². The van der Waals surface area contributed by atoms with Crippen molar-refractivity contribution in [2.75, 3.05) is 24.3 Å². The molecule has 1 N–H and O–H groups in total. The fraction of sp³-hybridized carbons (Fsp3) is 0.429. The van der Waals surface area contributed by atoms with Crippen molar-refractivity contribution in [2.45, 2.75) is 20.8 Å². The number of nitrogens with one attached hydrogen (secondary N) is 1. The summed E-state index contributed by atoms with van der Waals surface area (Å²) < 4.78 is 0. The lowest BCUT2D eigenvalue weighted by Gasteiger charge is -2.18. The number of amidine groups is 1. The number of anilines is 2. The van der Waals surface area contributed by atoms with Crippen molar-refractivity contribution in [3.8, 4) is 0 Å². The molecule has 18 heavy (non-hydrogen) atoms. The van der Waals surface area contributed by atoms with Crippen LogP contribution >= 0.6 is 0 Å². The number of carbonyl (C=O) groups excluding carboxylic acids is 1. The van der Waals surface area contributed by atoms with Crippen molar-refractivity contribution < 1.29 is 4.79 Å². The topological polar surface area (TPSA) is 44.7 Å². The monoisotopic (exact) mass is 247 g/mol. The minimum Gasteiger partial charge on any atom is -0.334 e. The van der Waals surface area contributed by atoms with Crippen LogP contribution in [0.15, 0.2) is 29.3 Å². The van der Waals surface area contributed by atoms with Crippen molar-refractivity contribution in [3.63, 3.8) is 0 Å². The van der Waals surface area contributed by atoms with Crippen molar-refractivity contribution in [1.82, 2.24) is 0 Å². The van der Waals surface area contributed by atoms with Crippen LogP contribution < -0.4 is 10.2 Å². The van der Waals surface area contributed by atoms with E-state index in [0.717, 1.165) is 17.2 Å². The molecule has 0 bridgehead atoms. The number of carbonyl (C=O) groups is 1. The van der Waals surface area contributed by atoms with E-state index >= 15 is 0 Å². The quantitative estimate of drug-likeness (QED) is 0.659. The molecule has 4 nitrogen and oxygen atoms in total. The van der Waals surface area contributed by atoms with E-state index in [1.165, 1.54) is 0 Å². The summed E-state index contributed by atoms with van der Waals surface area (Å²) in [4.78, 5) is 17.7. The summed E-state index contributed by atoms with van der Waals surface area (Å²) in [7, 11) is 3.73. The second-order valence-electron chi connectivity index (χ2n) is 4.52. The van der Waals surface area contributed by atoms with Crippen LogP contribution in [0.5, 0.6) is 0 Å². The predicted molar refractivity (Wildman–Crippen MR) is 77.3 cm³/mol. The van der Waals surface area contributed by atoms with Crippen molar-refractivity contribution in [3.05, 3.63) is 24.3 Å². The Morgan fingerprint density at radius 2 is 1.83 bits per heavy atom. The van der Waals surface area contributed by atoms with Gasteiger partial charge in [0.05, 0.1) is 5.84 Å². The molecule has 0 fully saturated rings. The third-order valence-electron chi connectivity index (χ3n) is 2.86. The Morgan fingerprint density at radius 3 is 2.28 bits per heavy atom. The molecule has 0 aliphatic carbocycles. The molecule has 0 aromatic heterocycles. The zero-order valence-electron chi connectivity index (χ0n) is 11.7. The first-order chi connectivity index (χ1) is 8.45. The Kier molecular flexibility index (Phi) is 4.89. The zero-order valence-corrected chi connectivity index (χ0v) is 11.7. The van der Waals surface area contributed by atoms with E-state index in [9.17, 15) is 4.79 Å². The van der Waals surface area contributed by atoms with Gasteiger partial charge in [0.15, 0.2) is 0 Å². The van der Waals surface area contributed by atoms with E-state index in [2.05, 4.69) is 10.3 Å². The fourth-order valence-corrected chi connectivity index (χ4v) is 1.39. The molecular formula is C14H21N3O. The molecule has 4 heteroatoms. The van der Waals surface area contributed by atoms with Gasteiger partial charge in [0.2, 0.25) is 5.91 Å². The van der Waals surface area contributed by atoms with Gasteiger partial charge in [-0.1, -0.05) is 13.8 Å². The molecule has 0 atom stereocenters. The van der Waals surface area contributed by atoms with Gasteiger partial charge in [-0.15, -0.1) is 0 Å². The van der Waals surface area contributed by atoms with E-state index in [-0.39, 0.29) is 11.8 Å². The van der Waals surface area contributed by atoms with Gasteiger partial charge in [-0.2, -0.15) is 0 Å². The third kappa shape index (κ3) is 3.58. The maximum atomic E-state index is 11.5. The van der Waals surface area contributed by atoms with Gasteiger partial charge in [0, 0.05) is 31.4 Å². The standard InChI is InChI=1S/C14H21N3O/c1-10(2)14(18)16-12-6-8-13(9-7-12)17(5)11(3)15-4/h6-10H,1-5H3,(H,16,18). The SMILES string of the molecule is CN=C(C)N(C)c1ccc(NC(=O)C(C)C)cc1. The molecule has 1 aromatic carbocycles. The lowest BCUT2D eigenvalue weighted by molar-refractivity contribution is -0.118. The maximum Gasteiger partial charge on any atom is 0.226 e. The first kappa shape index (κ1) is 14.2. The molecule has 0 radical (unpaired) electrons. The van der Waals surface area contributed by atoms with E-state index < -0.39 is 0 Å². The summed E-state index contributed by atoms with van der Waals surface area (Å²) in [6, 6.07) is 7.72. The Bertz CT molecular complexity index is 435. The molecule has 0 spiro atoms. The largest absolute Gasteiger partial charge is 0.334 e. The molecular weight excluding hydrogens is 226 g/mol. The van der Waals surface area contributed by atoms with E-state index in [0.29, 0.717) is 0 Å². The van der Waals surface area contributed by atoms with Crippen molar-refractivity contribution in [1.29, 1.82) is 0 Å². The fourth-order valence-electron chi connectivity index (χ4n) is 1.39. The number of benzene rings is 1. The van der Waals surface area contributed by atoms with Crippen LogP contribution in [0.1, 0.15) is 20.8 Å². The third-order valence-corrected chi connectivity index (χ3v) is 2.86. The van der Waals surface area contributed by atoms with Crippen LogP contribution in [0.4, 0.5) is 11.4 Å². The van der Waals surface area contributed by atoms with Crippen LogP contribution in [0.3, 0.4) is 0 Å². The molecule has 0 heterocycles. The first-order valence-corrected chi connectivity index (χ1v) is 6.03. The molecule has 1 rings (SSSR count). The molecule has 0 unspecified atom stereocenters. The van der Waals surface area contributed by atoms with Crippen LogP contribution in [0.25, 0.3) is 0 Å². The average molecular weight is 247 g/mol. The smallest absolute Gasteiger partial charge is 0.226 e. The van der Waals surface area contributed by atoms with Crippen LogP contribution in [-0.2, 0) is 4.79 Å². The summed E-state index contributed by atoms with van der Waals surface area (Å²) >= 11 is 0. The van der Waals surface area contributed by atoms with E-state index in [4.69, 9.17) is 0 Å². The highest BCUT2D eigenvalue weighted by Crippen LogP contribution is 2.17. The van der Waals surface area contributed by atoms with Crippen LogP contribution in [0.2, 0.25) is 0 Å². The summed E-state index contributed by atoms with van der Waals surface area (Å²) in [6.07, 6.45) is 0.